The van der Waals surface area contributed by atoms with Gasteiger partial charge in [-0.3, -0.25) is 14.2 Å². The van der Waals surface area contributed by atoms with Crippen molar-refractivity contribution in [1.29, 1.82) is 0 Å². The molecule has 1 saturated heterocycles. The number of carbonyl (C=O) groups excluding carboxylic acids is 1. The minimum Gasteiger partial charge on any atom is -0.491 e. The Morgan fingerprint density at radius 3 is 2.65 bits per heavy atom. The van der Waals surface area contributed by atoms with E-state index < -0.39 is 20.0 Å². The van der Waals surface area contributed by atoms with Crippen LogP contribution in [0.4, 0.5) is 5.69 Å². The van der Waals surface area contributed by atoms with Crippen LogP contribution in [0.5, 0.6) is 5.75 Å². The molecule has 1 spiro atoms. The molecule has 8 nitrogen and oxygen atoms in total. The number of anilines is 1. The number of pyridine rings is 1. The number of nitrogens with zero attached hydrogens (tertiary/aromatic N) is 2. The van der Waals surface area contributed by atoms with E-state index in [-0.39, 0.29) is 35.3 Å². The lowest BCUT2D eigenvalue weighted by Gasteiger charge is -2.32. The Kier molecular flexibility index (Phi) is 6.32. The number of methoxy groups -OCH3 is 1. The minimum atomic E-state index is -2.77. The fraction of sp³-hybridized carbons (Fsp3) is 0.440. The van der Waals surface area contributed by atoms with Crippen LogP contribution in [0.25, 0.3) is 5.69 Å². The van der Waals surface area contributed by atoms with Gasteiger partial charge in [0.05, 0.1) is 18.9 Å². The minimum absolute atomic E-state index is 0.106. The van der Waals surface area contributed by atoms with Gasteiger partial charge in [0.2, 0.25) is 0 Å². The van der Waals surface area contributed by atoms with Crippen molar-refractivity contribution in [2.45, 2.75) is 43.7 Å². The van der Waals surface area contributed by atoms with E-state index in [1.165, 1.54) is 11.7 Å². The highest BCUT2D eigenvalue weighted by atomic mass is 28.4. The van der Waals surface area contributed by atoms with Crippen molar-refractivity contribution in [3.63, 3.8) is 0 Å². The van der Waals surface area contributed by atoms with E-state index in [0.717, 1.165) is 0 Å². The summed E-state index contributed by atoms with van der Waals surface area (Å²) in [5.41, 5.74) is 0.0256. The van der Waals surface area contributed by atoms with E-state index in [4.69, 9.17) is 9.47 Å². The second-order valence-electron chi connectivity index (χ2n) is 9.53. The normalized spacial score (nSPS) is 26.2. The molecule has 1 fully saturated rings. The van der Waals surface area contributed by atoms with Gasteiger partial charge >= 0.3 is 0 Å². The smallest absolute Gasteiger partial charge is 0.297 e. The molecule has 1 aromatic heterocycles. The molecule has 0 aliphatic carbocycles. The summed E-state index contributed by atoms with van der Waals surface area (Å²) < 4.78 is 13.2. The van der Waals surface area contributed by atoms with E-state index in [0.29, 0.717) is 29.9 Å². The molecule has 182 valence electrons. The van der Waals surface area contributed by atoms with Crippen molar-refractivity contribution in [2.24, 2.45) is 5.92 Å². The number of ether oxygens (including phenoxy) is 2. The summed E-state index contributed by atoms with van der Waals surface area (Å²) in [6, 6.07) is 8.75. The van der Waals surface area contributed by atoms with Crippen LogP contribution in [-0.2, 0) is 15.1 Å². The molecular weight excluding hydrogens is 452 g/mol. The number of benzene rings is 1. The molecule has 34 heavy (non-hydrogen) atoms. The zero-order valence-corrected chi connectivity index (χ0v) is 21.0. The van der Waals surface area contributed by atoms with E-state index in [1.54, 1.807) is 35.4 Å². The predicted octanol–water partition coefficient (Wildman–Crippen LogP) is 2.56. The van der Waals surface area contributed by atoms with Crippen LogP contribution in [0, 0.1) is 5.92 Å². The van der Waals surface area contributed by atoms with Crippen molar-refractivity contribution >= 4 is 19.9 Å². The third-order valence-corrected chi connectivity index (χ3v) is 9.61. The molecule has 4 atom stereocenters. The lowest BCUT2D eigenvalue weighted by Crippen LogP contribution is -2.46. The Balaban J connectivity index is 1.94. The molecule has 0 bridgehead atoms. The number of aromatic nitrogens is 1. The van der Waals surface area contributed by atoms with Crippen LogP contribution >= 0.6 is 0 Å². The summed E-state index contributed by atoms with van der Waals surface area (Å²) in [5.74, 6) is -0.341. The van der Waals surface area contributed by atoms with Gasteiger partial charge in [0, 0.05) is 42.1 Å². The number of hydrogen-bond acceptors (Lipinski definition) is 6. The number of aliphatic hydroxyl groups is 1. The predicted molar refractivity (Wildman–Crippen MR) is 132 cm³/mol. The number of hydrogen-bond donors (Lipinski definition) is 2. The summed E-state index contributed by atoms with van der Waals surface area (Å²) in [5, 5.41) is 9.69. The maximum atomic E-state index is 14.0. The average molecular weight is 485 g/mol. The van der Waals surface area contributed by atoms with Crippen molar-refractivity contribution in [3.05, 3.63) is 65.1 Å². The number of rotatable bonds is 7. The Bertz CT molecular complexity index is 1170. The fourth-order valence-corrected chi connectivity index (χ4v) is 8.36. The highest BCUT2D eigenvalue weighted by molar-refractivity contribution is 6.71. The van der Waals surface area contributed by atoms with Crippen molar-refractivity contribution in [2.75, 3.05) is 25.2 Å². The van der Waals surface area contributed by atoms with Gasteiger partial charge in [0.1, 0.15) is 0 Å². The summed E-state index contributed by atoms with van der Waals surface area (Å²) in [7, 11) is -1.33. The van der Waals surface area contributed by atoms with Crippen LogP contribution in [-0.4, -0.2) is 55.1 Å². The van der Waals surface area contributed by atoms with Gasteiger partial charge in [-0.15, -0.1) is 6.58 Å². The first-order chi connectivity index (χ1) is 16.1. The summed E-state index contributed by atoms with van der Waals surface area (Å²) >= 11 is 0. The monoisotopic (exact) mass is 484 g/mol. The van der Waals surface area contributed by atoms with Crippen molar-refractivity contribution in [1.82, 2.24) is 4.57 Å². The van der Waals surface area contributed by atoms with Gasteiger partial charge in [0.15, 0.2) is 19.7 Å². The Morgan fingerprint density at radius 2 is 2.03 bits per heavy atom. The topological polar surface area (TPSA) is 101 Å². The Morgan fingerprint density at radius 1 is 1.29 bits per heavy atom. The Hall–Kier alpha value is -2.72. The number of aliphatic hydroxyl groups excluding tert-OH is 1. The third kappa shape index (κ3) is 3.54. The molecule has 4 rings (SSSR count). The molecule has 2 aromatic rings. The summed E-state index contributed by atoms with van der Waals surface area (Å²) in [6.45, 7) is 9.62. The summed E-state index contributed by atoms with van der Waals surface area (Å²) in [4.78, 5) is 39.6. The van der Waals surface area contributed by atoms with E-state index in [2.05, 4.69) is 6.58 Å². The number of fused-ring (bicyclic) bond motifs is 2. The average Bonchev–Trinajstić information content (AvgIpc) is 3.21. The number of carbonyl (C=O) groups is 1. The van der Waals surface area contributed by atoms with Gasteiger partial charge in [-0.1, -0.05) is 13.0 Å². The van der Waals surface area contributed by atoms with Gasteiger partial charge < -0.3 is 24.3 Å². The second-order valence-corrected chi connectivity index (χ2v) is 13.5. The van der Waals surface area contributed by atoms with Gasteiger partial charge in [-0.25, -0.2) is 0 Å². The standard InChI is InChI=1S/C25H32N2O6Si/c1-6-12-27-19-10-9-17(26-13-7-8-21(32-3)23(26)29)15-18(19)25(24(27)30)16(2)22(34(4,5)31)20(33-25)11-14-28/h6-10,13,15-16,20,22,28,31H,1,11-12,14H2,2-5H3/t16-,20+,22-,25+/m0/s1. The molecule has 9 heteroatoms. The second kappa shape index (κ2) is 8.81. The van der Waals surface area contributed by atoms with Gasteiger partial charge in [-0.2, -0.15) is 0 Å². The highest BCUT2D eigenvalue weighted by Gasteiger charge is 2.66. The first-order valence-corrected chi connectivity index (χ1v) is 14.5. The van der Waals surface area contributed by atoms with Crippen molar-refractivity contribution in [3.8, 4) is 11.4 Å². The largest absolute Gasteiger partial charge is 0.491 e. The molecule has 2 N–H and O–H groups in total. The molecule has 2 aliphatic heterocycles. The number of amides is 1. The van der Waals surface area contributed by atoms with Crippen molar-refractivity contribution < 1.29 is 24.2 Å². The van der Waals surface area contributed by atoms with E-state index in [1.807, 2.05) is 32.2 Å². The first kappa shape index (κ1) is 24.4. The van der Waals surface area contributed by atoms with E-state index >= 15 is 0 Å². The molecule has 3 heterocycles. The van der Waals surface area contributed by atoms with Gasteiger partial charge in [-0.05, 0) is 49.8 Å². The zero-order valence-electron chi connectivity index (χ0n) is 20.0. The Labute approximate surface area is 200 Å². The zero-order chi connectivity index (χ0) is 24.8. The highest BCUT2D eigenvalue weighted by Crippen LogP contribution is 2.59. The maximum absolute atomic E-state index is 14.0. The molecule has 1 aromatic carbocycles. The van der Waals surface area contributed by atoms with Crippen LogP contribution < -0.4 is 15.2 Å². The first-order valence-electron chi connectivity index (χ1n) is 11.5. The molecule has 2 aliphatic rings. The van der Waals surface area contributed by atoms with E-state index in [9.17, 15) is 19.5 Å². The quantitative estimate of drug-likeness (QED) is 0.463. The van der Waals surface area contributed by atoms with Crippen LogP contribution in [0.2, 0.25) is 18.6 Å². The SMILES string of the molecule is C=CCN1C(=O)[C@]2(O[C@H](CCO)[C@@H]([Si](C)(C)O)[C@@H]2C)c2cc(-n3cccc(OC)c3=O)ccc21. The maximum Gasteiger partial charge on any atom is 0.297 e. The molecule has 0 radical (unpaired) electrons. The lowest BCUT2D eigenvalue weighted by molar-refractivity contribution is -0.146. The fourth-order valence-electron chi connectivity index (χ4n) is 5.76. The van der Waals surface area contributed by atoms with Crippen LogP contribution in [0.15, 0.2) is 54.0 Å². The van der Waals surface area contributed by atoms with Gasteiger partial charge in [0.25, 0.3) is 11.5 Å². The molecule has 0 saturated carbocycles. The molecule has 0 unspecified atom stereocenters. The van der Waals surface area contributed by atoms with Crippen LogP contribution in [0.1, 0.15) is 18.9 Å². The third-order valence-electron chi connectivity index (χ3n) is 7.10. The molecular formula is C25H32N2O6Si. The molecule has 1 amide bonds. The lowest BCUT2D eigenvalue weighted by atomic mass is 9.82. The summed E-state index contributed by atoms with van der Waals surface area (Å²) in [6.07, 6.45) is 3.17. The van der Waals surface area contributed by atoms with Crippen LogP contribution in [0.3, 0.4) is 0 Å².